The molecule has 1 aromatic rings. The Bertz CT molecular complexity index is 320. The summed E-state index contributed by atoms with van der Waals surface area (Å²) < 4.78 is 4.89. The molecule has 0 radical (unpaired) electrons. The largest absolute Gasteiger partial charge is 0.370 e. The summed E-state index contributed by atoms with van der Waals surface area (Å²) >= 11 is 0. The molecule has 0 fully saturated rings. The highest BCUT2D eigenvalue weighted by Gasteiger charge is 2.15. The van der Waals surface area contributed by atoms with Gasteiger partial charge in [0.1, 0.15) is 11.9 Å². The van der Waals surface area contributed by atoms with Crippen LogP contribution in [0.5, 0.6) is 0 Å². The number of aromatic nitrogens is 1. The summed E-state index contributed by atoms with van der Waals surface area (Å²) in [4.78, 5) is 15.5. The van der Waals surface area contributed by atoms with Crippen LogP contribution in [0.4, 0.5) is 5.82 Å². The van der Waals surface area contributed by atoms with Gasteiger partial charge in [-0.2, -0.15) is 0 Å². The third-order valence-corrected chi connectivity index (χ3v) is 1.95. The Hall–Kier alpha value is -1.46. The number of nitrogens with one attached hydrogen (secondary N) is 1. The van der Waals surface area contributed by atoms with E-state index in [1.54, 1.807) is 12.3 Å². The number of nitrogens with zero attached hydrogens (tertiary/aromatic N) is 1. The number of aryl methyl sites for hydroxylation is 1. The molecular formula is C10H15N3O2. The minimum Gasteiger partial charge on any atom is -0.370 e. The molecule has 15 heavy (non-hydrogen) atoms. The van der Waals surface area contributed by atoms with E-state index in [0.29, 0.717) is 5.82 Å². The van der Waals surface area contributed by atoms with Crippen LogP contribution in [0.1, 0.15) is 5.56 Å². The fraction of sp³-hybridized carbons (Fsp3) is 0.400. The lowest BCUT2D eigenvalue weighted by Crippen LogP contribution is -2.36. The van der Waals surface area contributed by atoms with E-state index < -0.39 is 6.10 Å². The van der Waals surface area contributed by atoms with E-state index in [9.17, 15) is 4.79 Å². The second-order valence-corrected chi connectivity index (χ2v) is 3.17. The molecule has 5 heteroatoms. The molecule has 1 atom stereocenters. The van der Waals surface area contributed by atoms with E-state index in [-0.39, 0.29) is 12.5 Å². The minimum atomic E-state index is -0.631. The molecule has 0 bridgehead atoms. The predicted octanol–water partition coefficient (Wildman–Crippen LogP) is 0.302. The Morgan fingerprint density at radius 2 is 2.40 bits per heavy atom. The molecule has 0 spiro atoms. The van der Waals surface area contributed by atoms with E-state index >= 15 is 0 Å². The lowest BCUT2D eigenvalue weighted by Gasteiger charge is -2.12. The molecule has 82 valence electrons. The molecule has 1 heterocycles. The van der Waals surface area contributed by atoms with Gasteiger partial charge in [0, 0.05) is 19.9 Å². The highest BCUT2D eigenvalue weighted by Crippen LogP contribution is 2.04. The number of nitrogens with two attached hydrogens (primary N) is 1. The molecule has 0 aliphatic heterocycles. The first-order valence-corrected chi connectivity index (χ1v) is 4.63. The van der Waals surface area contributed by atoms with Crippen LogP contribution in [-0.2, 0) is 9.53 Å². The first-order chi connectivity index (χ1) is 7.17. The summed E-state index contributed by atoms with van der Waals surface area (Å²) in [5.74, 6) is 0.220. The van der Waals surface area contributed by atoms with Gasteiger partial charge in [0.2, 0.25) is 0 Å². The van der Waals surface area contributed by atoms with Crippen LogP contribution in [0, 0.1) is 6.92 Å². The summed E-state index contributed by atoms with van der Waals surface area (Å²) in [5, 5.41) is 2.62. The SMILES string of the molecule is COC(CN)C(=O)Nc1ccc(C)cn1. The molecule has 1 rings (SSSR count). The van der Waals surface area contributed by atoms with Crippen LogP contribution < -0.4 is 11.1 Å². The summed E-state index contributed by atoms with van der Waals surface area (Å²) in [6.45, 7) is 2.07. The van der Waals surface area contributed by atoms with E-state index in [1.807, 2.05) is 13.0 Å². The zero-order valence-corrected chi connectivity index (χ0v) is 8.86. The molecule has 0 aliphatic carbocycles. The van der Waals surface area contributed by atoms with Crippen LogP contribution in [0.15, 0.2) is 18.3 Å². The van der Waals surface area contributed by atoms with Crippen molar-refractivity contribution in [2.75, 3.05) is 19.0 Å². The van der Waals surface area contributed by atoms with E-state index in [4.69, 9.17) is 10.5 Å². The zero-order valence-electron chi connectivity index (χ0n) is 8.86. The maximum absolute atomic E-state index is 11.5. The van der Waals surface area contributed by atoms with Gasteiger partial charge in [-0.3, -0.25) is 4.79 Å². The standard InChI is InChI=1S/C10H15N3O2/c1-7-3-4-9(12-6-7)13-10(14)8(5-11)15-2/h3-4,6,8H,5,11H2,1-2H3,(H,12,13,14). The first-order valence-electron chi connectivity index (χ1n) is 4.63. The van der Waals surface area contributed by atoms with Crippen LogP contribution in [0.3, 0.4) is 0 Å². The smallest absolute Gasteiger partial charge is 0.255 e. The van der Waals surface area contributed by atoms with Crippen molar-refractivity contribution >= 4 is 11.7 Å². The number of pyridine rings is 1. The predicted molar refractivity (Wildman–Crippen MR) is 57.5 cm³/mol. The number of hydrogen-bond donors (Lipinski definition) is 2. The van der Waals surface area contributed by atoms with Gasteiger partial charge in [-0.15, -0.1) is 0 Å². The van der Waals surface area contributed by atoms with Gasteiger partial charge < -0.3 is 15.8 Å². The molecule has 5 nitrogen and oxygen atoms in total. The highest BCUT2D eigenvalue weighted by atomic mass is 16.5. The molecule has 3 N–H and O–H groups in total. The number of carbonyl (C=O) groups excluding carboxylic acids is 1. The van der Waals surface area contributed by atoms with Crippen molar-refractivity contribution in [3.05, 3.63) is 23.9 Å². The van der Waals surface area contributed by atoms with Gasteiger partial charge in [0.05, 0.1) is 0 Å². The van der Waals surface area contributed by atoms with Crippen molar-refractivity contribution in [2.45, 2.75) is 13.0 Å². The Morgan fingerprint density at radius 1 is 1.67 bits per heavy atom. The average Bonchev–Trinajstić information content (AvgIpc) is 2.23. The lowest BCUT2D eigenvalue weighted by molar-refractivity contribution is -0.125. The Kier molecular flexibility index (Phi) is 4.20. The van der Waals surface area contributed by atoms with E-state index in [2.05, 4.69) is 10.3 Å². The zero-order chi connectivity index (χ0) is 11.3. The van der Waals surface area contributed by atoms with Crippen molar-refractivity contribution in [1.82, 2.24) is 4.98 Å². The summed E-state index contributed by atoms with van der Waals surface area (Å²) in [6, 6.07) is 3.60. The van der Waals surface area contributed by atoms with Crippen molar-refractivity contribution in [3.63, 3.8) is 0 Å². The normalized spacial score (nSPS) is 12.2. The van der Waals surface area contributed by atoms with Crippen LogP contribution >= 0.6 is 0 Å². The molecule has 1 unspecified atom stereocenters. The molecular weight excluding hydrogens is 194 g/mol. The second kappa shape index (κ2) is 5.43. The Morgan fingerprint density at radius 3 is 2.87 bits per heavy atom. The highest BCUT2D eigenvalue weighted by molar-refractivity contribution is 5.93. The molecule has 1 aromatic heterocycles. The third-order valence-electron chi connectivity index (χ3n) is 1.95. The van der Waals surface area contributed by atoms with Gasteiger partial charge in [-0.1, -0.05) is 6.07 Å². The second-order valence-electron chi connectivity index (χ2n) is 3.17. The average molecular weight is 209 g/mol. The Balaban J connectivity index is 2.61. The van der Waals surface area contributed by atoms with Gasteiger partial charge in [0.25, 0.3) is 5.91 Å². The molecule has 1 amide bonds. The lowest BCUT2D eigenvalue weighted by atomic mass is 10.3. The number of anilines is 1. The number of carbonyl (C=O) groups is 1. The monoisotopic (exact) mass is 209 g/mol. The van der Waals surface area contributed by atoms with Gasteiger partial charge >= 0.3 is 0 Å². The van der Waals surface area contributed by atoms with E-state index in [1.165, 1.54) is 7.11 Å². The van der Waals surface area contributed by atoms with Crippen molar-refractivity contribution in [2.24, 2.45) is 5.73 Å². The number of rotatable bonds is 4. The Labute approximate surface area is 88.6 Å². The molecule has 0 aromatic carbocycles. The molecule has 0 saturated heterocycles. The molecule has 0 aliphatic rings. The van der Waals surface area contributed by atoms with Crippen molar-refractivity contribution in [1.29, 1.82) is 0 Å². The van der Waals surface area contributed by atoms with Crippen LogP contribution in [-0.4, -0.2) is 30.6 Å². The summed E-state index contributed by atoms with van der Waals surface area (Å²) in [7, 11) is 1.44. The fourth-order valence-electron chi connectivity index (χ4n) is 1.06. The topological polar surface area (TPSA) is 77.2 Å². The maximum Gasteiger partial charge on any atom is 0.255 e. The van der Waals surface area contributed by atoms with Crippen LogP contribution in [0.25, 0.3) is 0 Å². The maximum atomic E-state index is 11.5. The minimum absolute atomic E-state index is 0.147. The van der Waals surface area contributed by atoms with Gasteiger partial charge in [-0.05, 0) is 18.6 Å². The third kappa shape index (κ3) is 3.30. The quantitative estimate of drug-likeness (QED) is 0.747. The van der Waals surface area contributed by atoms with E-state index in [0.717, 1.165) is 5.56 Å². The number of hydrogen-bond acceptors (Lipinski definition) is 4. The first kappa shape index (κ1) is 11.6. The summed E-state index contributed by atoms with van der Waals surface area (Å²) in [6.07, 6.45) is 1.05. The van der Waals surface area contributed by atoms with Gasteiger partial charge in [-0.25, -0.2) is 4.98 Å². The number of methoxy groups -OCH3 is 1. The molecule has 0 saturated carbocycles. The fourth-order valence-corrected chi connectivity index (χ4v) is 1.06. The number of amides is 1. The van der Waals surface area contributed by atoms with Gasteiger partial charge in [0.15, 0.2) is 0 Å². The number of ether oxygens (including phenoxy) is 1. The van der Waals surface area contributed by atoms with Crippen molar-refractivity contribution < 1.29 is 9.53 Å². The summed E-state index contributed by atoms with van der Waals surface area (Å²) in [5.41, 5.74) is 6.39. The van der Waals surface area contributed by atoms with Crippen LogP contribution in [0.2, 0.25) is 0 Å². The van der Waals surface area contributed by atoms with Crippen molar-refractivity contribution in [3.8, 4) is 0 Å².